The molecule has 0 aromatic carbocycles. The van der Waals surface area contributed by atoms with E-state index >= 15 is 0 Å². The molecule has 0 aromatic heterocycles. The maximum atomic E-state index is 10.8. The second-order valence-corrected chi connectivity index (χ2v) is 4.00. The lowest BCUT2D eigenvalue weighted by Gasteiger charge is -2.39. The number of halogens is 1. The maximum Gasteiger partial charge on any atom is 0.323 e. The molecule has 1 aliphatic heterocycles. The van der Waals surface area contributed by atoms with E-state index in [-0.39, 0.29) is 12.4 Å². The van der Waals surface area contributed by atoms with Crippen LogP contribution < -0.4 is 5.73 Å². The van der Waals surface area contributed by atoms with E-state index in [1.807, 2.05) is 13.8 Å². The molecule has 1 rings (SSSR count). The summed E-state index contributed by atoms with van der Waals surface area (Å²) in [5.41, 5.74) is 4.19. The molecule has 1 aliphatic rings. The standard InChI is InChI=1S/C8H15NO3.ClH/c1-7(2)5-8(9,6(10)11)3-4-12-7;/h3-5,9H2,1-2H3,(H,10,11);1H. The van der Waals surface area contributed by atoms with Gasteiger partial charge in [0.15, 0.2) is 0 Å². The fraction of sp³-hybridized carbons (Fsp3) is 0.875. The highest BCUT2D eigenvalue weighted by Gasteiger charge is 2.43. The third kappa shape index (κ3) is 2.83. The number of carboxylic acid groups (broad SMARTS) is 1. The molecule has 13 heavy (non-hydrogen) atoms. The third-order valence-electron chi connectivity index (χ3n) is 2.21. The Balaban J connectivity index is 0.00000144. The Labute approximate surface area is 83.9 Å². The lowest BCUT2D eigenvalue weighted by molar-refractivity contribution is -0.154. The van der Waals surface area contributed by atoms with E-state index in [4.69, 9.17) is 15.6 Å². The van der Waals surface area contributed by atoms with E-state index in [0.29, 0.717) is 19.4 Å². The van der Waals surface area contributed by atoms with Crippen LogP contribution in [0.2, 0.25) is 0 Å². The molecule has 1 fully saturated rings. The van der Waals surface area contributed by atoms with Gasteiger partial charge in [-0.2, -0.15) is 0 Å². The summed E-state index contributed by atoms with van der Waals surface area (Å²) >= 11 is 0. The molecule has 4 nitrogen and oxygen atoms in total. The van der Waals surface area contributed by atoms with E-state index in [1.54, 1.807) is 0 Å². The van der Waals surface area contributed by atoms with Gasteiger partial charge in [-0.15, -0.1) is 12.4 Å². The van der Waals surface area contributed by atoms with Crippen LogP contribution in [0.25, 0.3) is 0 Å². The third-order valence-corrected chi connectivity index (χ3v) is 2.21. The van der Waals surface area contributed by atoms with Crippen molar-refractivity contribution >= 4 is 18.4 Å². The summed E-state index contributed by atoms with van der Waals surface area (Å²) in [6.45, 7) is 4.14. The molecule has 0 saturated carbocycles. The molecular formula is C8H16ClNO3. The van der Waals surface area contributed by atoms with Crippen LogP contribution in [0.4, 0.5) is 0 Å². The summed E-state index contributed by atoms with van der Waals surface area (Å²) in [5.74, 6) is -0.932. The van der Waals surface area contributed by atoms with Gasteiger partial charge in [0.2, 0.25) is 0 Å². The van der Waals surface area contributed by atoms with Gasteiger partial charge in [0.05, 0.1) is 5.60 Å². The summed E-state index contributed by atoms with van der Waals surface area (Å²) in [6, 6.07) is 0. The molecule has 0 bridgehead atoms. The molecule has 0 amide bonds. The fourth-order valence-corrected chi connectivity index (χ4v) is 1.59. The van der Waals surface area contributed by atoms with Gasteiger partial charge >= 0.3 is 5.97 Å². The number of nitrogens with two attached hydrogens (primary N) is 1. The van der Waals surface area contributed by atoms with E-state index in [1.165, 1.54) is 0 Å². The van der Waals surface area contributed by atoms with Crippen molar-refractivity contribution in [1.29, 1.82) is 0 Å². The molecule has 78 valence electrons. The molecular weight excluding hydrogens is 194 g/mol. The van der Waals surface area contributed by atoms with Gasteiger partial charge in [-0.1, -0.05) is 0 Å². The minimum Gasteiger partial charge on any atom is -0.480 e. The molecule has 5 heteroatoms. The molecule has 0 radical (unpaired) electrons. The highest BCUT2D eigenvalue weighted by molar-refractivity contribution is 5.85. The Kier molecular flexibility index (Phi) is 3.72. The van der Waals surface area contributed by atoms with Crippen LogP contribution in [-0.4, -0.2) is 28.8 Å². The smallest absolute Gasteiger partial charge is 0.323 e. The summed E-state index contributed by atoms with van der Waals surface area (Å²) in [5, 5.41) is 8.85. The van der Waals surface area contributed by atoms with Crippen molar-refractivity contribution in [2.24, 2.45) is 5.73 Å². The van der Waals surface area contributed by atoms with Gasteiger partial charge in [-0.25, -0.2) is 0 Å². The van der Waals surface area contributed by atoms with Gasteiger partial charge in [-0.3, -0.25) is 4.79 Å². The molecule has 1 saturated heterocycles. The zero-order valence-electron chi connectivity index (χ0n) is 7.87. The largest absolute Gasteiger partial charge is 0.480 e. The Bertz CT molecular complexity index is 208. The molecule has 0 spiro atoms. The summed E-state index contributed by atoms with van der Waals surface area (Å²) in [6.07, 6.45) is 0.765. The highest BCUT2D eigenvalue weighted by atomic mass is 35.5. The van der Waals surface area contributed by atoms with Crippen molar-refractivity contribution in [3.63, 3.8) is 0 Å². The molecule has 1 atom stereocenters. The van der Waals surface area contributed by atoms with Crippen molar-refractivity contribution in [1.82, 2.24) is 0 Å². The van der Waals surface area contributed by atoms with Crippen molar-refractivity contribution in [3.05, 3.63) is 0 Å². The van der Waals surface area contributed by atoms with Crippen molar-refractivity contribution < 1.29 is 14.6 Å². The lowest BCUT2D eigenvalue weighted by Crippen LogP contribution is -2.56. The van der Waals surface area contributed by atoms with Crippen LogP contribution in [0.1, 0.15) is 26.7 Å². The molecule has 0 aromatic rings. The van der Waals surface area contributed by atoms with Gasteiger partial charge in [0.1, 0.15) is 5.54 Å². The van der Waals surface area contributed by atoms with Crippen molar-refractivity contribution in [3.8, 4) is 0 Å². The second-order valence-electron chi connectivity index (χ2n) is 4.00. The number of ether oxygens (including phenoxy) is 1. The van der Waals surface area contributed by atoms with E-state index in [0.717, 1.165) is 0 Å². The molecule has 3 N–H and O–H groups in total. The summed E-state index contributed by atoms with van der Waals surface area (Å²) < 4.78 is 5.37. The van der Waals surface area contributed by atoms with Crippen LogP contribution >= 0.6 is 12.4 Å². The van der Waals surface area contributed by atoms with Crippen LogP contribution in [0.15, 0.2) is 0 Å². The number of hydrogen-bond acceptors (Lipinski definition) is 3. The predicted octanol–water partition coefficient (Wildman–Crippen LogP) is 0.779. The minimum atomic E-state index is -1.10. The number of hydrogen-bond donors (Lipinski definition) is 2. The van der Waals surface area contributed by atoms with Gasteiger partial charge in [-0.05, 0) is 20.3 Å². The number of carbonyl (C=O) groups is 1. The zero-order chi connectivity index (χ0) is 9.41. The zero-order valence-corrected chi connectivity index (χ0v) is 8.69. The Morgan fingerprint density at radius 3 is 2.38 bits per heavy atom. The first-order valence-electron chi connectivity index (χ1n) is 4.02. The predicted molar refractivity (Wildman–Crippen MR) is 51.1 cm³/mol. The minimum absolute atomic E-state index is 0. The Morgan fingerprint density at radius 1 is 1.54 bits per heavy atom. The van der Waals surface area contributed by atoms with Crippen LogP contribution in [-0.2, 0) is 9.53 Å². The topological polar surface area (TPSA) is 72.6 Å². The van der Waals surface area contributed by atoms with E-state index < -0.39 is 17.1 Å². The number of carboxylic acids is 1. The average molecular weight is 210 g/mol. The van der Waals surface area contributed by atoms with Gasteiger partial charge < -0.3 is 15.6 Å². The monoisotopic (exact) mass is 209 g/mol. The first-order chi connectivity index (χ1) is 5.36. The lowest BCUT2D eigenvalue weighted by atomic mass is 9.82. The van der Waals surface area contributed by atoms with Crippen LogP contribution in [0.3, 0.4) is 0 Å². The quantitative estimate of drug-likeness (QED) is 0.670. The molecule has 1 heterocycles. The first-order valence-corrected chi connectivity index (χ1v) is 4.02. The molecule has 1 unspecified atom stereocenters. The van der Waals surface area contributed by atoms with Gasteiger partial charge in [0.25, 0.3) is 0 Å². The average Bonchev–Trinajstić information content (AvgIpc) is 1.83. The van der Waals surface area contributed by atoms with Crippen LogP contribution in [0.5, 0.6) is 0 Å². The van der Waals surface area contributed by atoms with Crippen molar-refractivity contribution in [2.45, 2.75) is 37.8 Å². The number of aliphatic carboxylic acids is 1. The highest BCUT2D eigenvalue weighted by Crippen LogP contribution is 2.30. The Morgan fingerprint density at radius 2 is 2.08 bits per heavy atom. The summed E-state index contributed by atoms with van der Waals surface area (Å²) in [4.78, 5) is 10.8. The SMILES string of the molecule is CC1(C)CC(N)(C(=O)O)CCO1.Cl. The Hall–Kier alpha value is -0.320. The van der Waals surface area contributed by atoms with Crippen molar-refractivity contribution in [2.75, 3.05) is 6.61 Å². The van der Waals surface area contributed by atoms with E-state index in [2.05, 4.69) is 0 Å². The number of rotatable bonds is 1. The van der Waals surface area contributed by atoms with Crippen LogP contribution in [0, 0.1) is 0 Å². The second kappa shape index (κ2) is 3.82. The maximum absolute atomic E-state index is 10.8. The van der Waals surface area contributed by atoms with E-state index in [9.17, 15) is 4.79 Å². The molecule has 0 aliphatic carbocycles. The first kappa shape index (κ1) is 12.7. The fourth-order valence-electron chi connectivity index (χ4n) is 1.59. The summed E-state index contributed by atoms with van der Waals surface area (Å²) in [7, 11) is 0. The normalized spacial score (nSPS) is 31.9. The van der Waals surface area contributed by atoms with Gasteiger partial charge in [0, 0.05) is 13.0 Å².